The van der Waals surface area contributed by atoms with E-state index in [1.54, 1.807) is 18.5 Å². The van der Waals surface area contributed by atoms with Gasteiger partial charge in [0.15, 0.2) is 11.6 Å². The molecule has 1 aromatic carbocycles. The summed E-state index contributed by atoms with van der Waals surface area (Å²) in [5.41, 5.74) is 0.956. The fraction of sp³-hybridized carbons (Fsp3) is 0.429. The molecule has 2 rings (SSSR count). The first kappa shape index (κ1) is 14.5. The fourth-order valence-corrected chi connectivity index (χ4v) is 2.18. The van der Waals surface area contributed by atoms with Gasteiger partial charge in [0.05, 0.1) is 13.2 Å². The number of methoxy groups -OCH3 is 1. The molecule has 0 aliphatic heterocycles. The number of nitrogens with one attached hydrogen (secondary N) is 1. The molecule has 0 aliphatic carbocycles. The Morgan fingerprint density at radius 2 is 2.05 bits per heavy atom. The van der Waals surface area contributed by atoms with Crippen molar-refractivity contribution in [3.05, 3.63) is 41.7 Å². The van der Waals surface area contributed by atoms with Crippen LogP contribution in [0.25, 0.3) is 0 Å². The zero-order valence-electron chi connectivity index (χ0n) is 12.1. The Morgan fingerprint density at radius 1 is 1.30 bits per heavy atom. The molecule has 2 atom stereocenters. The lowest BCUT2D eigenvalue weighted by molar-refractivity contribution is 0.384. The van der Waals surface area contributed by atoms with Crippen molar-refractivity contribution in [3.8, 4) is 5.75 Å². The van der Waals surface area contributed by atoms with Crippen molar-refractivity contribution in [1.29, 1.82) is 0 Å². The van der Waals surface area contributed by atoms with Crippen molar-refractivity contribution in [2.75, 3.05) is 7.11 Å². The second-order valence-electron chi connectivity index (χ2n) is 4.80. The highest BCUT2D eigenvalue weighted by atomic mass is 19.1. The summed E-state index contributed by atoms with van der Waals surface area (Å²) in [6.07, 6.45) is 1.67. The molecule has 0 amide bonds. The number of hydrogen-bond acceptors (Lipinski definition) is 4. The molecule has 108 valence electrons. The zero-order chi connectivity index (χ0) is 14.7. The van der Waals surface area contributed by atoms with Gasteiger partial charge in [0, 0.05) is 13.1 Å². The third-order valence-corrected chi connectivity index (χ3v) is 3.31. The monoisotopic (exact) mass is 278 g/mol. The van der Waals surface area contributed by atoms with E-state index in [1.807, 2.05) is 25.5 Å². The van der Waals surface area contributed by atoms with Gasteiger partial charge in [0.25, 0.3) is 0 Å². The van der Waals surface area contributed by atoms with E-state index in [-0.39, 0.29) is 23.7 Å². The molecule has 0 radical (unpaired) electrons. The van der Waals surface area contributed by atoms with E-state index in [1.165, 1.54) is 13.2 Å². The second kappa shape index (κ2) is 6.00. The first-order chi connectivity index (χ1) is 9.52. The van der Waals surface area contributed by atoms with Gasteiger partial charge in [0.2, 0.25) is 0 Å². The predicted molar refractivity (Wildman–Crippen MR) is 73.9 cm³/mol. The Labute approximate surface area is 117 Å². The maximum Gasteiger partial charge on any atom is 0.165 e. The molecule has 2 unspecified atom stereocenters. The van der Waals surface area contributed by atoms with Gasteiger partial charge in [-0.25, -0.2) is 4.39 Å². The quantitative estimate of drug-likeness (QED) is 0.912. The van der Waals surface area contributed by atoms with Crippen LogP contribution in [-0.2, 0) is 7.05 Å². The minimum absolute atomic E-state index is 0.0357. The largest absolute Gasteiger partial charge is 0.494 e. The van der Waals surface area contributed by atoms with E-state index in [9.17, 15) is 4.39 Å². The van der Waals surface area contributed by atoms with Gasteiger partial charge in [-0.05, 0) is 31.5 Å². The van der Waals surface area contributed by atoms with E-state index in [0.717, 1.165) is 11.4 Å². The summed E-state index contributed by atoms with van der Waals surface area (Å²) < 4.78 is 20.3. The SMILES string of the molecule is COc1cc(C(C)NC(C)c2nncn2C)ccc1F. The highest BCUT2D eigenvalue weighted by Gasteiger charge is 2.16. The molecular weight excluding hydrogens is 259 g/mol. The summed E-state index contributed by atoms with van der Waals surface area (Å²) in [4.78, 5) is 0. The molecular formula is C14H19FN4O. The lowest BCUT2D eigenvalue weighted by Gasteiger charge is -2.20. The van der Waals surface area contributed by atoms with E-state index in [2.05, 4.69) is 15.5 Å². The lowest BCUT2D eigenvalue weighted by Crippen LogP contribution is -2.24. The van der Waals surface area contributed by atoms with Crippen molar-refractivity contribution < 1.29 is 9.13 Å². The standard InChI is InChI=1S/C14H19FN4O/c1-9(11-5-6-12(15)13(7-11)20-4)17-10(2)14-18-16-8-19(14)3/h5-10,17H,1-4H3. The molecule has 0 saturated heterocycles. The van der Waals surface area contributed by atoms with Gasteiger partial charge in [-0.2, -0.15) is 0 Å². The molecule has 20 heavy (non-hydrogen) atoms. The van der Waals surface area contributed by atoms with Gasteiger partial charge in [-0.1, -0.05) is 6.07 Å². The molecule has 0 aliphatic rings. The van der Waals surface area contributed by atoms with Crippen molar-refractivity contribution in [3.63, 3.8) is 0 Å². The summed E-state index contributed by atoms with van der Waals surface area (Å²) in [6, 6.07) is 4.94. The number of rotatable bonds is 5. The fourth-order valence-electron chi connectivity index (χ4n) is 2.18. The number of aryl methyl sites for hydroxylation is 1. The Kier molecular flexibility index (Phi) is 4.34. The Bertz CT molecular complexity index is 584. The smallest absolute Gasteiger partial charge is 0.165 e. The molecule has 0 saturated carbocycles. The number of hydrogen-bond donors (Lipinski definition) is 1. The number of nitrogens with zero attached hydrogens (tertiary/aromatic N) is 3. The normalized spacial score (nSPS) is 14.1. The number of halogens is 1. The van der Waals surface area contributed by atoms with E-state index < -0.39 is 0 Å². The van der Waals surface area contributed by atoms with Crippen LogP contribution in [0, 0.1) is 5.82 Å². The molecule has 1 heterocycles. The molecule has 5 nitrogen and oxygen atoms in total. The topological polar surface area (TPSA) is 52.0 Å². The maximum absolute atomic E-state index is 13.4. The van der Waals surface area contributed by atoms with Crippen LogP contribution < -0.4 is 10.1 Å². The Morgan fingerprint density at radius 3 is 2.65 bits per heavy atom. The van der Waals surface area contributed by atoms with Crippen LogP contribution in [0.15, 0.2) is 24.5 Å². The van der Waals surface area contributed by atoms with Crippen molar-refractivity contribution >= 4 is 0 Å². The Hall–Kier alpha value is -1.95. The highest BCUT2D eigenvalue weighted by Crippen LogP contribution is 2.24. The molecule has 1 aromatic heterocycles. The summed E-state index contributed by atoms with van der Waals surface area (Å²) in [7, 11) is 3.36. The second-order valence-corrected chi connectivity index (χ2v) is 4.80. The summed E-state index contributed by atoms with van der Waals surface area (Å²) in [6.45, 7) is 4.03. The average molecular weight is 278 g/mol. The molecule has 0 fully saturated rings. The zero-order valence-corrected chi connectivity index (χ0v) is 12.1. The third-order valence-electron chi connectivity index (χ3n) is 3.31. The van der Waals surface area contributed by atoms with Gasteiger partial charge in [-0.3, -0.25) is 0 Å². The van der Waals surface area contributed by atoms with Crippen LogP contribution in [0.1, 0.15) is 37.3 Å². The maximum atomic E-state index is 13.4. The average Bonchev–Trinajstić information content (AvgIpc) is 2.85. The van der Waals surface area contributed by atoms with Crippen LogP contribution in [0.2, 0.25) is 0 Å². The molecule has 0 spiro atoms. The van der Waals surface area contributed by atoms with E-state index in [4.69, 9.17) is 4.74 Å². The number of ether oxygens (including phenoxy) is 1. The first-order valence-electron chi connectivity index (χ1n) is 6.46. The number of aromatic nitrogens is 3. The molecule has 6 heteroatoms. The minimum Gasteiger partial charge on any atom is -0.494 e. The van der Waals surface area contributed by atoms with Gasteiger partial charge < -0.3 is 14.6 Å². The Balaban J connectivity index is 2.12. The van der Waals surface area contributed by atoms with Crippen molar-refractivity contribution in [2.24, 2.45) is 7.05 Å². The lowest BCUT2D eigenvalue weighted by atomic mass is 10.1. The molecule has 1 N–H and O–H groups in total. The first-order valence-corrected chi connectivity index (χ1v) is 6.46. The summed E-state index contributed by atoms with van der Waals surface area (Å²) in [5.74, 6) is 0.748. The minimum atomic E-state index is -0.357. The molecule has 0 bridgehead atoms. The summed E-state index contributed by atoms with van der Waals surface area (Å²) >= 11 is 0. The van der Waals surface area contributed by atoms with Gasteiger partial charge in [0.1, 0.15) is 12.2 Å². The third kappa shape index (κ3) is 2.96. The highest BCUT2D eigenvalue weighted by molar-refractivity contribution is 5.32. The number of benzene rings is 1. The predicted octanol–water partition coefficient (Wildman–Crippen LogP) is 2.37. The van der Waals surface area contributed by atoms with Crippen LogP contribution >= 0.6 is 0 Å². The van der Waals surface area contributed by atoms with Crippen molar-refractivity contribution in [2.45, 2.75) is 25.9 Å². The van der Waals surface area contributed by atoms with E-state index >= 15 is 0 Å². The molecule has 2 aromatic rings. The van der Waals surface area contributed by atoms with Crippen LogP contribution in [0.3, 0.4) is 0 Å². The van der Waals surface area contributed by atoms with E-state index in [0.29, 0.717) is 0 Å². The van der Waals surface area contributed by atoms with Gasteiger partial charge in [-0.15, -0.1) is 10.2 Å². The van der Waals surface area contributed by atoms with Crippen LogP contribution in [0.4, 0.5) is 4.39 Å². The van der Waals surface area contributed by atoms with Gasteiger partial charge >= 0.3 is 0 Å². The van der Waals surface area contributed by atoms with Crippen molar-refractivity contribution in [1.82, 2.24) is 20.1 Å². The summed E-state index contributed by atoms with van der Waals surface area (Å²) in [5, 5.41) is 11.4. The van der Waals surface area contributed by atoms with Crippen LogP contribution in [0.5, 0.6) is 5.75 Å². The van der Waals surface area contributed by atoms with Crippen LogP contribution in [-0.4, -0.2) is 21.9 Å².